The summed E-state index contributed by atoms with van der Waals surface area (Å²) in [6.45, 7) is 5.86. The lowest BCUT2D eigenvalue weighted by molar-refractivity contribution is -0.388. The van der Waals surface area contributed by atoms with Gasteiger partial charge in [-0.05, 0) is 36.2 Å². The lowest BCUT2D eigenvalue weighted by atomic mass is 9.72. The number of nitrogens with zero attached hydrogens (tertiary/aromatic N) is 1. The molecule has 0 spiro atoms. The van der Waals surface area contributed by atoms with Crippen LogP contribution in [-0.4, -0.2) is 29.9 Å². The van der Waals surface area contributed by atoms with Crippen LogP contribution in [0.25, 0.3) is 0 Å². The van der Waals surface area contributed by atoms with E-state index in [4.69, 9.17) is 0 Å². The molecule has 1 aromatic heterocycles. The Morgan fingerprint density at radius 2 is 1.58 bits per heavy atom. The van der Waals surface area contributed by atoms with Crippen LogP contribution in [0.4, 0.5) is 44.5 Å². The molecule has 0 saturated carbocycles. The van der Waals surface area contributed by atoms with Gasteiger partial charge in [-0.1, -0.05) is 20.8 Å². The van der Waals surface area contributed by atoms with Crippen LogP contribution >= 0.6 is 11.3 Å². The molecule has 3 nitrogen and oxygen atoms in total. The smallest absolute Gasteiger partial charge is 0.311 e. The molecule has 1 aliphatic rings. The quantitative estimate of drug-likeness (QED) is 0.524. The maximum absolute atomic E-state index is 13.8. The number of hydrogen-bond acceptors (Lipinski definition) is 3. The number of halogens is 9. The Balaban J connectivity index is 2.38. The van der Waals surface area contributed by atoms with Gasteiger partial charge in [-0.25, -0.2) is 0 Å². The molecular formula is C18H17F9N2OS. The summed E-state index contributed by atoms with van der Waals surface area (Å²) >= 11 is 0.632. The minimum atomic E-state index is -7.17. The van der Waals surface area contributed by atoms with Crippen LogP contribution in [0.2, 0.25) is 0 Å². The van der Waals surface area contributed by atoms with Crippen LogP contribution in [0.1, 0.15) is 43.2 Å². The van der Waals surface area contributed by atoms with E-state index < -0.39 is 34.9 Å². The topological polar surface area (TPSA) is 52.9 Å². The number of amides is 1. The maximum Gasteiger partial charge on any atom is 0.460 e. The number of alkyl halides is 9. The number of carbonyl (C=O) groups excluding carboxylic acids is 1. The number of anilines is 1. The summed E-state index contributed by atoms with van der Waals surface area (Å²) in [5.74, 6) is -23.6. The first-order chi connectivity index (χ1) is 13.8. The Morgan fingerprint density at radius 1 is 1.03 bits per heavy atom. The zero-order valence-corrected chi connectivity index (χ0v) is 17.2. The van der Waals surface area contributed by atoms with Gasteiger partial charge in [0, 0.05) is 4.88 Å². The summed E-state index contributed by atoms with van der Waals surface area (Å²) in [6, 6.07) is 1.64. The van der Waals surface area contributed by atoms with Crippen molar-refractivity contribution in [3.05, 3.63) is 16.0 Å². The zero-order valence-electron chi connectivity index (χ0n) is 16.4. The maximum atomic E-state index is 13.8. The molecule has 1 aromatic rings. The van der Waals surface area contributed by atoms with E-state index in [1.807, 2.05) is 20.8 Å². The second-order valence-electron chi connectivity index (χ2n) is 8.30. The van der Waals surface area contributed by atoms with Crippen molar-refractivity contribution < 1.29 is 44.3 Å². The first-order valence-electron chi connectivity index (χ1n) is 8.85. The number of rotatable bonds is 4. The first kappa shape index (κ1) is 25.3. The summed E-state index contributed by atoms with van der Waals surface area (Å²) in [7, 11) is 0. The number of carbonyl (C=O) groups is 1. The molecule has 1 unspecified atom stereocenters. The summed E-state index contributed by atoms with van der Waals surface area (Å²) < 4.78 is 117. The van der Waals surface area contributed by atoms with Crippen molar-refractivity contribution >= 4 is 22.2 Å². The molecule has 0 bridgehead atoms. The highest BCUT2D eigenvalue weighted by molar-refractivity contribution is 7.16. The summed E-state index contributed by atoms with van der Waals surface area (Å²) in [6.07, 6.45) is -5.69. The van der Waals surface area contributed by atoms with Crippen LogP contribution in [0.5, 0.6) is 0 Å². The van der Waals surface area contributed by atoms with Crippen LogP contribution in [0.3, 0.4) is 0 Å². The second-order valence-corrected chi connectivity index (χ2v) is 9.41. The molecule has 0 radical (unpaired) electrons. The Kier molecular flexibility index (Phi) is 6.17. The lowest BCUT2D eigenvalue weighted by Crippen LogP contribution is -2.64. The molecule has 0 fully saturated rings. The first-order valence-corrected chi connectivity index (χ1v) is 9.67. The van der Waals surface area contributed by atoms with Gasteiger partial charge in [0.25, 0.3) is 0 Å². The predicted molar refractivity (Wildman–Crippen MR) is 93.5 cm³/mol. The van der Waals surface area contributed by atoms with Crippen molar-refractivity contribution in [2.45, 2.75) is 64.0 Å². The Bertz CT molecular complexity index is 907. The van der Waals surface area contributed by atoms with E-state index in [1.165, 1.54) is 5.32 Å². The van der Waals surface area contributed by atoms with Gasteiger partial charge in [0.05, 0.1) is 5.56 Å². The lowest BCUT2D eigenvalue weighted by Gasteiger charge is -2.33. The number of nitrogens with one attached hydrogen (secondary N) is 1. The highest BCUT2D eigenvalue weighted by Crippen LogP contribution is 2.53. The minimum Gasteiger partial charge on any atom is -0.311 e. The Labute approximate surface area is 175 Å². The molecular weight excluding hydrogens is 463 g/mol. The Hall–Kier alpha value is -1.97. The second kappa shape index (κ2) is 7.56. The van der Waals surface area contributed by atoms with Crippen molar-refractivity contribution in [3.63, 3.8) is 0 Å². The zero-order chi connectivity index (χ0) is 24.2. The highest BCUT2D eigenvalue weighted by Gasteiger charge is 2.83. The monoisotopic (exact) mass is 480 g/mol. The molecule has 2 rings (SSSR count). The van der Waals surface area contributed by atoms with Gasteiger partial charge < -0.3 is 5.32 Å². The molecule has 0 aliphatic heterocycles. The third-order valence-corrected chi connectivity index (χ3v) is 6.43. The van der Waals surface area contributed by atoms with E-state index in [9.17, 15) is 49.6 Å². The van der Waals surface area contributed by atoms with Crippen molar-refractivity contribution in [1.82, 2.24) is 0 Å². The van der Waals surface area contributed by atoms with E-state index in [0.717, 1.165) is 0 Å². The van der Waals surface area contributed by atoms with Gasteiger partial charge in [0.2, 0.25) is 0 Å². The predicted octanol–water partition coefficient (Wildman–Crippen LogP) is 6.18. The van der Waals surface area contributed by atoms with E-state index in [-0.39, 0.29) is 16.9 Å². The van der Waals surface area contributed by atoms with Crippen molar-refractivity contribution in [3.8, 4) is 6.07 Å². The van der Waals surface area contributed by atoms with E-state index in [2.05, 4.69) is 0 Å². The average Bonchev–Trinajstić information content (AvgIpc) is 2.95. The molecule has 1 atom stereocenters. The van der Waals surface area contributed by atoms with E-state index in [0.29, 0.717) is 41.0 Å². The highest BCUT2D eigenvalue weighted by atomic mass is 32.1. The fourth-order valence-electron chi connectivity index (χ4n) is 3.23. The largest absolute Gasteiger partial charge is 0.460 e. The van der Waals surface area contributed by atoms with Gasteiger partial charge in [0.15, 0.2) is 0 Å². The molecule has 0 saturated heterocycles. The van der Waals surface area contributed by atoms with Gasteiger partial charge in [0.1, 0.15) is 11.1 Å². The third kappa shape index (κ3) is 4.10. The molecule has 0 aromatic carbocycles. The van der Waals surface area contributed by atoms with E-state index >= 15 is 0 Å². The molecule has 31 heavy (non-hydrogen) atoms. The fraction of sp³-hybridized carbons (Fsp3) is 0.667. The number of hydrogen-bond donors (Lipinski definition) is 1. The third-order valence-electron chi connectivity index (χ3n) is 5.26. The molecule has 1 amide bonds. The van der Waals surface area contributed by atoms with Crippen molar-refractivity contribution in [1.29, 1.82) is 5.26 Å². The van der Waals surface area contributed by atoms with E-state index in [1.54, 1.807) is 6.07 Å². The number of nitriles is 1. The number of fused-ring (bicyclic) bond motifs is 1. The summed E-state index contributed by atoms with van der Waals surface area (Å²) in [5, 5.41) is 9.97. The molecule has 13 heteroatoms. The number of thiophene rings is 1. The van der Waals surface area contributed by atoms with Crippen molar-refractivity contribution in [2.75, 3.05) is 5.32 Å². The summed E-state index contributed by atoms with van der Waals surface area (Å²) in [4.78, 5) is 12.2. The normalized spacial score (nSPS) is 18.4. The van der Waals surface area contributed by atoms with Crippen LogP contribution in [-0.2, 0) is 17.6 Å². The van der Waals surface area contributed by atoms with Crippen LogP contribution < -0.4 is 5.32 Å². The van der Waals surface area contributed by atoms with Gasteiger partial charge in [-0.15, -0.1) is 11.3 Å². The molecule has 1 N–H and O–H groups in total. The van der Waals surface area contributed by atoms with Crippen molar-refractivity contribution in [2.24, 2.45) is 11.3 Å². The van der Waals surface area contributed by atoms with Crippen LogP contribution in [0, 0.1) is 22.7 Å². The molecule has 174 valence electrons. The SMILES string of the molecule is CC(C)(C)C1CCc2c(sc(NC(=O)C(F)(F)C(F)(F)C(F)(F)C(F)(F)F)c2C#N)C1. The average molecular weight is 480 g/mol. The molecule has 1 heterocycles. The van der Waals surface area contributed by atoms with Gasteiger partial charge in [-0.2, -0.15) is 44.8 Å². The Morgan fingerprint density at radius 3 is 2.03 bits per heavy atom. The van der Waals surface area contributed by atoms with Gasteiger partial charge in [-0.3, -0.25) is 4.79 Å². The van der Waals surface area contributed by atoms with Crippen LogP contribution in [0.15, 0.2) is 0 Å². The summed E-state index contributed by atoms with van der Waals surface area (Å²) in [5.41, 5.74) is -0.0581. The fourth-order valence-corrected chi connectivity index (χ4v) is 4.50. The molecule has 1 aliphatic carbocycles. The standard InChI is InChI=1S/C18H17F9N2OS/c1-14(2,3)8-4-5-9-10(7-28)12(31-11(9)6-8)29-13(30)15(19,20)16(21,22)17(23,24)18(25,26)27/h8H,4-6H2,1-3H3,(H,29,30). The van der Waals surface area contributed by atoms with Gasteiger partial charge >= 0.3 is 29.9 Å². The minimum absolute atomic E-state index is 0.116.